The van der Waals surface area contributed by atoms with Crippen molar-refractivity contribution in [2.45, 2.75) is 78.2 Å². The Morgan fingerprint density at radius 2 is 1.84 bits per heavy atom. The highest BCUT2D eigenvalue weighted by Gasteiger charge is 2.38. The molecule has 108 valence electrons. The molecule has 0 radical (unpaired) electrons. The van der Waals surface area contributed by atoms with Crippen molar-refractivity contribution in [3.8, 4) is 6.07 Å². The van der Waals surface area contributed by atoms with Crippen molar-refractivity contribution in [2.24, 2.45) is 11.3 Å². The fourth-order valence-corrected chi connectivity index (χ4v) is 3.29. The molecule has 3 nitrogen and oxygen atoms in total. The molecule has 1 atom stereocenters. The summed E-state index contributed by atoms with van der Waals surface area (Å²) in [6.07, 6.45) is 8.06. The maximum atomic E-state index is 12.5. The van der Waals surface area contributed by atoms with Gasteiger partial charge >= 0.3 is 0 Å². The van der Waals surface area contributed by atoms with Gasteiger partial charge in [0.2, 0.25) is 5.91 Å². The van der Waals surface area contributed by atoms with Crippen molar-refractivity contribution in [1.82, 2.24) is 5.32 Å². The highest BCUT2D eigenvalue weighted by atomic mass is 16.2. The van der Waals surface area contributed by atoms with Crippen LogP contribution in [-0.4, -0.2) is 11.9 Å². The molecule has 1 rings (SSSR count). The molecule has 0 aliphatic heterocycles. The zero-order chi connectivity index (χ0) is 14.3. The van der Waals surface area contributed by atoms with E-state index in [9.17, 15) is 10.1 Å². The molecule has 0 spiro atoms. The molecule has 0 aromatic heterocycles. The topological polar surface area (TPSA) is 52.9 Å². The van der Waals surface area contributed by atoms with Crippen LogP contribution in [0.25, 0.3) is 0 Å². The standard InChI is InChI=1S/C16H28N2O/c1-4-10-16(12-17,11-5-2)15(19)18-13(3)14-8-6-7-9-14/h13-14H,4-11H2,1-3H3,(H,18,19). The van der Waals surface area contributed by atoms with Gasteiger partial charge in [0.1, 0.15) is 5.41 Å². The predicted octanol–water partition coefficient (Wildman–Crippen LogP) is 3.79. The summed E-state index contributed by atoms with van der Waals surface area (Å²) >= 11 is 0. The van der Waals surface area contributed by atoms with E-state index in [-0.39, 0.29) is 11.9 Å². The van der Waals surface area contributed by atoms with E-state index < -0.39 is 5.41 Å². The van der Waals surface area contributed by atoms with Crippen LogP contribution < -0.4 is 5.32 Å². The van der Waals surface area contributed by atoms with E-state index >= 15 is 0 Å². The monoisotopic (exact) mass is 264 g/mol. The van der Waals surface area contributed by atoms with Crippen molar-refractivity contribution >= 4 is 5.91 Å². The zero-order valence-electron chi connectivity index (χ0n) is 12.7. The second-order valence-corrected chi connectivity index (χ2v) is 6.00. The molecule has 3 heteroatoms. The van der Waals surface area contributed by atoms with Gasteiger partial charge in [0.25, 0.3) is 0 Å². The quantitative estimate of drug-likeness (QED) is 0.760. The van der Waals surface area contributed by atoms with Crippen LogP contribution >= 0.6 is 0 Å². The number of amides is 1. The Balaban J connectivity index is 2.68. The van der Waals surface area contributed by atoms with Crippen LogP contribution in [0.1, 0.15) is 72.1 Å². The van der Waals surface area contributed by atoms with Crippen LogP contribution in [0.15, 0.2) is 0 Å². The first-order valence-electron chi connectivity index (χ1n) is 7.81. The normalized spacial score (nSPS) is 18.0. The van der Waals surface area contributed by atoms with Crippen LogP contribution in [0, 0.1) is 22.7 Å². The van der Waals surface area contributed by atoms with E-state index in [1.165, 1.54) is 25.7 Å². The first-order chi connectivity index (χ1) is 9.09. The van der Waals surface area contributed by atoms with Crippen LogP contribution in [0.2, 0.25) is 0 Å². The second kappa shape index (κ2) is 7.53. The number of hydrogen-bond donors (Lipinski definition) is 1. The smallest absolute Gasteiger partial charge is 0.240 e. The van der Waals surface area contributed by atoms with E-state index in [1.54, 1.807) is 0 Å². The third-order valence-electron chi connectivity index (χ3n) is 4.47. The van der Waals surface area contributed by atoms with Gasteiger partial charge in [0, 0.05) is 6.04 Å². The molecule has 1 N–H and O–H groups in total. The Bertz CT molecular complexity index is 320. The second-order valence-electron chi connectivity index (χ2n) is 6.00. The highest BCUT2D eigenvalue weighted by molar-refractivity contribution is 5.85. The van der Waals surface area contributed by atoms with Gasteiger partial charge in [-0.2, -0.15) is 5.26 Å². The molecule has 1 unspecified atom stereocenters. The van der Waals surface area contributed by atoms with Gasteiger partial charge < -0.3 is 5.32 Å². The lowest BCUT2D eigenvalue weighted by Crippen LogP contribution is -2.46. The first kappa shape index (κ1) is 16.0. The van der Waals surface area contributed by atoms with Crippen LogP contribution in [0.5, 0.6) is 0 Å². The van der Waals surface area contributed by atoms with Crippen LogP contribution in [0.4, 0.5) is 0 Å². The van der Waals surface area contributed by atoms with E-state index in [4.69, 9.17) is 0 Å². The van der Waals surface area contributed by atoms with Crippen molar-refractivity contribution in [3.05, 3.63) is 0 Å². The fourth-order valence-electron chi connectivity index (χ4n) is 3.29. The summed E-state index contributed by atoms with van der Waals surface area (Å²) in [7, 11) is 0. The molecule has 1 saturated carbocycles. The average Bonchev–Trinajstić information content (AvgIpc) is 2.92. The molecule has 0 saturated heterocycles. The Kier molecular flexibility index (Phi) is 6.34. The Labute approximate surface area is 117 Å². The first-order valence-corrected chi connectivity index (χ1v) is 7.81. The Hall–Kier alpha value is -1.04. The molecule has 0 heterocycles. The number of carbonyl (C=O) groups excluding carboxylic acids is 1. The van der Waals surface area contributed by atoms with Crippen LogP contribution in [0.3, 0.4) is 0 Å². The van der Waals surface area contributed by atoms with E-state index in [0.29, 0.717) is 18.8 Å². The number of carbonyl (C=O) groups is 1. The minimum absolute atomic E-state index is 0.0434. The summed E-state index contributed by atoms with van der Waals surface area (Å²) in [5.41, 5.74) is -0.809. The molecule has 1 fully saturated rings. The van der Waals surface area contributed by atoms with Gasteiger partial charge in [-0.1, -0.05) is 39.5 Å². The summed E-state index contributed by atoms with van der Waals surface area (Å²) in [5.74, 6) is 0.557. The Morgan fingerprint density at radius 3 is 2.26 bits per heavy atom. The van der Waals surface area contributed by atoms with Gasteiger partial charge in [-0.15, -0.1) is 0 Å². The van der Waals surface area contributed by atoms with E-state index in [0.717, 1.165) is 12.8 Å². The molecule has 1 aliphatic rings. The molecule has 1 aliphatic carbocycles. The third kappa shape index (κ3) is 3.96. The highest BCUT2D eigenvalue weighted by Crippen LogP contribution is 2.32. The summed E-state index contributed by atoms with van der Waals surface area (Å²) in [6, 6.07) is 2.51. The van der Waals surface area contributed by atoms with Gasteiger partial charge in [-0.25, -0.2) is 0 Å². The molecule has 0 aromatic carbocycles. The largest absolute Gasteiger partial charge is 0.352 e. The number of hydrogen-bond acceptors (Lipinski definition) is 2. The van der Waals surface area contributed by atoms with Crippen molar-refractivity contribution in [1.29, 1.82) is 5.26 Å². The van der Waals surface area contributed by atoms with Crippen LogP contribution in [-0.2, 0) is 4.79 Å². The summed E-state index contributed by atoms with van der Waals surface area (Å²) in [5, 5.41) is 12.6. The summed E-state index contributed by atoms with van der Waals surface area (Å²) in [4.78, 5) is 12.5. The minimum Gasteiger partial charge on any atom is -0.352 e. The summed E-state index contributed by atoms with van der Waals surface area (Å²) < 4.78 is 0. The number of rotatable bonds is 7. The fraction of sp³-hybridized carbons (Fsp3) is 0.875. The molecular formula is C16H28N2O. The maximum absolute atomic E-state index is 12.5. The average molecular weight is 264 g/mol. The lowest BCUT2D eigenvalue weighted by atomic mass is 9.79. The lowest BCUT2D eigenvalue weighted by Gasteiger charge is -2.28. The Morgan fingerprint density at radius 1 is 1.32 bits per heavy atom. The van der Waals surface area contributed by atoms with Crippen molar-refractivity contribution < 1.29 is 4.79 Å². The number of nitrogens with zero attached hydrogens (tertiary/aromatic N) is 1. The van der Waals surface area contributed by atoms with Gasteiger partial charge in [-0.05, 0) is 38.5 Å². The van der Waals surface area contributed by atoms with Gasteiger partial charge in [-0.3, -0.25) is 4.79 Å². The van der Waals surface area contributed by atoms with Gasteiger partial charge in [0.15, 0.2) is 0 Å². The molecule has 0 aromatic rings. The molecule has 19 heavy (non-hydrogen) atoms. The van der Waals surface area contributed by atoms with Crippen molar-refractivity contribution in [3.63, 3.8) is 0 Å². The SMILES string of the molecule is CCCC(C#N)(CCC)C(=O)NC(C)C1CCCC1. The number of nitrogens with one attached hydrogen (secondary N) is 1. The molecular weight excluding hydrogens is 236 g/mol. The maximum Gasteiger partial charge on any atom is 0.240 e. The summed E-state index contributed by atoms with van der Waals surface area (Å²) in [6.45, 7) is 6.17. The predicted molar refractivity (Wildman–Crippen MR) is 77.4 cm³/mol. The lowest BCUT2D eigenvalue weighted by molar-refractivity contribution is -0.129. The molecule has 1 amide bonds. The minimum atomic E-state index is -0.809. The third-order valence-corrected chi connectivity index (χ3v) is 4.47. The molecule has 0 bridgehead atoms. The van der Waals surface area contributed by atoms with E-state index in [1.807, 2.05) is 13.8 Å². The van der Waals surface area contributed by atoms with Gasteiger partial charge in [0.05, 0.1) is 6.07 Å². The number of nitriles is 1. The van der Waals surface area contributed by atoms with Crippen molar-refractivity contribution in [2.75, 3.05) is 0 Å². The zero-order valence-corrected chi connectivity index (χ0v) is 12.7. The van der Waals surface area contributed by atoms with E-state index in [2.05, 4.69) is 18.3 Å².